The molecule has 2 bridgehead atoms. The number of hydrogen-bond donors (Lipinski definition) is 3. The maximum absolute atomic E-state index is 12.6. The number of carbonyl (C=O) groups excluding carboxylic acids is 2. The van der Waals surface area contributed by atoms with Crippen molar-refractivity contribution in [1.82, 2.24) is 20.1 Å². The summed E-state index contributed by atoms with van der Waals surface area (Å²) in [7, 11) is 0. The van der Waals surface area contributed by atoms with Gasteiger partial charge in [-0.1, -0.05) is 6.07 Å². The molecule has 9 nitrogen and oxygen atoms in total. The third-order valence-electron chi connectivity index (χ3n) is 6.26. The van der Waals surface area contributed by atoms with Crippen LogP contribution in [0.15, 0.2) is 23.0 Å². The van der Waals surface area contributed by atoms with E-state index in [0.29, 0.717) is 32.5 Å². The first-order chi connectivity index (χ1) is 13.9. The summed E-state index contributed by atoms with van der Waals surface area (Å²) in [4.78, 5) is 49.4. The highest BCUT2D eigenvalue weighted by molar-refractivity contribution is 5.81. The number of nitrogens with one attached hydrogen (secondary N) is 2. The van der Waals surface area contributed by atoms with Gasteiger partial charge in [-0.15, -0.1) is 0 Å². The van der Waals surface area contributed by atoms with Gasteiger partial charge in [0.15, 0.2) is 0 Å². The minimum atomic E-state index is -0.862. The normalized spacial score (nSPS) is 28.5. The van der Waals surface area contributed by atoms with Crippen molar-refractivity contribution in [1.29, 1.82) is 0 Å². The molecule has 0 aliphatic carbocycles. The van der Waals surface area contributed by atoms with Crippen LogP contribution in [0.4, 0.5) is 0 Å². The number of hydrogen-bond acceptors (Lipinski definition) is 5. The Morgan fingerprint density at radius 2 is 2.07 bits per heavy atom. The summed E-state index contributed by atoms with van der Waals surface area (Å²) in [6.07, 6.45) is 2.21. The number of pyridine rings is 1. The molecular formula is C20H26N4O5. The van der Waals surface area contributed by atoms with E-state index in [1.54, 1.807) is 10.6 Å². The van der Waals surface area contributed by atoms with Crippen LogP contribution in [0.25, 0.3) is 0 Å². The molecule has 3 aliphatic rings. The van der Waals surface area contributed by atoms with Crippen molar-refractivity contribution in [3.8, 4) is 0 Å². The van der Waals surface area contributed by atoms with E-state index in [0.717, 1.165) is 12.1 Å². The van der Waals surface area contributed by atoms with E-state index in [4.69, 9.17) is 0 Å². The van der Waals surface area contributed by atoms with Gasteiger partial charge in [-0.25, -0.2) is 0 Å². The fourth-order valence-electron chi connectivity index (χ4n) is 5.06. The van der Waals surface area contributed by atoms with Crippen LogP contribution in [0.3, 0.4) is 0 Å². The number of fused-ring (bicyclic) bond motifs is 4. The number of piperidine rings is 1. The number of amides is 2. The van der Waals surface area contributed by atoms with Crippen LogP contribution in [0.2, 0.25) is 0 Å². The molecule has 1 aromatic rings. The molecule has 0 radical (unpaired) electrons. The summed E-state index contributed by atoms with van der Waals surface area (Å²) in [5.41, 5.74) is 0.817. The Morgan fingerprint density at radius 3 is 2.79 bits per heavy atom. The number of carboxylic acid groups (broad SMARTS) is 1. The quantitative estimate of drug-likeness (QED) is 0.600. The Hall–Kier alpha value is -2.68. The van der Waals surface area contributed by atoms with E-state index in [2.05, 4.69) is 10.6 Å². The van der Waals surface area contributed by atoms with E-state index in [9.17, 15) is 24.3 Å². The maximum atomic E-state index is 12.6. The summed E-state index contributed by atoms with van der Waals surface area (Å²) in [5.74, 6) is -0.834. The Morgan fingerprint density at radius 1 is 1.24 bits per heavy atom. The molecule has 29 heavy (non-hydrogen) atoms. The smallest absolute Gasteiger partial charge is 0.317 e. The molecule has 0 spiro atoms. The molecule has 9 heteroatoms. The zero-order chi connectivity index (χ0) is 20.5. The lowest BCUT2D eigenvalue weighted by Gasteiger charge is -2.46. The average molecular weight is 402 g/mol. The molecule has 156 valence electrons. The molecule has 1 aromatic heterocycles. The highest BCUT2D eigenvalue weighted by Crippen LogP contribution is 2.40. The Labute approximate surface area is 168 Å². The van der Waals surface area contributed by atoms with Crippen LogP contribution in [-0.2, 0) is 14.4 Å². The first-order valence-electron chi connectivity index (χ1n) is 10.1. The van der Waals surface area contributed by atoms with Gasteiger partial charge in [0, 0.05) is 56.2 Å². The Balaban J connectivity index is 1.49. The number of aliphatic carboxylic acids is 1. The summed E-state index contributed by atoms with van der Waals surface area (Å²) < 4.78 is 1.79. The van der Waals surface area contributed by atoms with Crippen molar-refractivity contribution in [3.63, 3.8) is 0 Å². The van der Waals surface area contributed by atoms with Crippen molar-refractivity contribution in [3.05, 3.63) is 34.2 Å². The lowest BCUT2D eigenvalue weighted by molar-refractivity contribution is -0.139. The number of carbonyl (C=O) groups is 3. The number of aromatic nitrogens is 1. The van der Waals surface area contributed by atoms with Crippen molar-refractivity contribution < 1.29 is 19.5 Å². The second-order valence-corrected chi connectivity index (χ2v) is 8.32. The van der Waals surface area contributed by atoms with Gasteiger partial charge in [-0.2, -0.15) is 0 Å². The van der Waals surface area contributed by atoms with Gasteiger partial charge in [0.2, 0.25) is 11.8 Å². The molecule has 0 aromatic carbocycles. The van der Waals surface area contributed by atoms with E-state index in [-0.39, 0.29) is 54.3 Å². The highest BCUT2D eigenvalue weighted by Gasteiger charge is 2.41. The van der Waals surface area contributed by atoms with Crippen LogP contribution in [-0.4, -0.2) is 64.6 Å². The van der Waals surface area contributed by atoms with Crippen LogP contribution < -0.4 is 16.2 Å². The first-order valence-corrected chi connectivity index (χ1v) is 10.1. The molecule has 3 aliphatic heterocycles. The van der Waals surface area contributed by atoms with Crippen LogP contribution in [0.1, 0.15) is 43.3 Å². The molecule has 2 fully saturated rings. The zero-order valence-electron chi connectivity index (χ0n) is 16.2. The monoisotopic (exact) mass is 402 g/mol. The summed E-state index contributed by atoms with van der Waals surface area (Å²) >= 11 is 0. The van der Waals surface area contributed by atoms with Gasteiger partial charge in [0.05, 0.1) is 12.6 Å². The van der Waals surface area contributed by atoms with Gasteiger partial charge in [-0.05, 0) is 24.8 Å². The second-order valence-electron chi connectivity index (χ2n) is 8.32. The van der Waals surface area contributed by atoms with Crippen molar-refractivity contribution in [2.24, 2.45) is 5.92 Å². The summed E-state index contributed by atoms with van der Waals surface area (Å²) in [6, 6.07) is 4.85. The van der Waals surface area contributed by atoms with Crippen LogP contribution >= 0.6 is 0 Å². The third kappa shape index (κ3) is 4.19. The molecule has 2 saturated heterocycles. The minimum Gasteiger partial charge on any atom is -0.480 e. The number of rotatable bonds is 6. The zero-order valence-corrected chi connectivity index (χ0v) is 16.2. The molecule has 4 rings (SSSR count). The van der Waals surface area contributed by atoms with Crippen molar-refractivity contribution in [2.45, 2.75) is 43.7 Å². The van der Waals surface area contributed by atoms with E-state index in [1.165, 1.54) is 6.07 Å². The fraction of sp³-hybridized carbons (Fsp3) is 0.600. The van der Waals surface area contributed by atoms with Gasteiger partial charge >= 0.3 is 5.97 Å². The Bertz CT molecular complexity index is 882. The molecule has 0 saturated carbocycles. The largest absolute Gasteiger partial charge is 0.480 e. The molecule has 2 amide bonds. The summed E-state index contributed by atoms with van der Waals surface area (Å²) in [5, 5.41) is 14.9. The molecule has 4 heterocycles. The van der Waals surface area contributed by atoms with E-state index < -0.39 is 5.97 Å². The topological polar surface area (TPSA) is 121 Å². The minimum absolute atomic E-state index is 0.0233. The SMILES string of the molecule is O=C(O)CN1C[C@H]2C[C@@H](C1)[C@H](CNC(=O)C[C@@H]1CCC(=O)N1)n1c2cccc1=O. The summed E-state index contributed by atoms with van der Waals surface area (Å²) in [6.45, 7) is 1.49. The maximum Gasteiger partial charge on any atom is 0.317 e. The van der Waals surface area contributed by atoms with E-state index in [1.807, 2.05) is 11.0 Å². The lowest BCUT2D eigenvalue weighted by atomic mass is 9.78. The molecule has 0 unspecified atom stereocenters. The van der Waals surface area contributed by atoms with Crippen molar-refractivity contribution in [2.75, 3.05) is 26.2 Å². The molecular weight excluding hydrogens is 376 g/mol. The second kappa shape index (κ2) is 7.98. The lowest BCUT2D eigenvalue weighted by Crippen LogP contribution is -2.52. The number of carboxylic acids is 1. The highest BCUT2D eigenvalue weighted by atomic mass is 16.4. The Kier molecular flexibility index (Phi) is 5.40. The van der Waals surface area contributed by atoms with Crippen LogP contribution in [0.5, 0.6) is 0 Å². The average Bonchev–Trinajstić information content (AvgIpc) is 3.06. The predicted octanol–water partition coefficient (Wildman–Crippen LogP) is -0.322. The van der Waals surface area contributed by atoms with Gasteiger partial charge in [0.1, 0.15) is 0 Å². The first kappa shape index (κ1) is 19.6. The van der Waals surface area contributed by atoms with Gasteiger partial charge in [-0.3, -0.25) is 24.1 Å². The van der Waals surface area contributed by atoms with Crippen LogP contribution in [0, 0.1) is 5.92 Å². The van der Waals surface area contributed by atoms with Gasteiger partial charge < -0.3 is 20.3 Å². The van der Waals surface area contributed by atoms with Gasteiger partial charge in [0.25, 0.3) is 5.56 Å². The third-order valence-corrected chi connectivity index (χ3v) is 6.26. The predicted molar refractivity (Wildman–Crippen MR) is 103 cm³/mol. The number of nitrogens with zero attached hydrogens (tertiary/aromatic N) is 2. The van der Waals surface area contributed by atoms with E-state index >= 15 is 0 Å². The van der Waals surface area contributed by atoms with Crippen molar-refractivity contribution >= 4 is 17.8 Å². The molecule has 4 atom stereocenters. The molecule has 3 N–H and O–H groups in total. The standard InChI is InChI=1S/C20H26N4O5/c25-17-5-4-14(22-17)7-18(26)21-8-16-13-6-12(9-23(10-13)11-20(28)29)15-2-1-3-19(27)24(15)16/h1-3,12-14,16H,4-11H2,(H,21,26)(H,22,25)(H,28,29)/t12-,13+,14+,16+/m1/s1. The fourth-order valence-corrected chi connectivity index (χ4v) is 5.06. The number of likely N-dealkylation sites (tertiary alicyclic amines) is 1.